The van der Waals surface area contributed by atoms with Crippen molar-refractivity contribution in [1.29, 1.82) is 0 Å². The molecule has 184 valence electrons. The maximum Gasteiger partial charge on any atom is 0.433 e. The first-order valence-corrected chi connectivity index (χ1v) is 12.0. The van der Waals surface area contributed by atoms with Crippen molar-refractivity contribution in [3.8, 4) is 0 Å². The van der Waals surface area contributed by atoms with Crippen LogP contribution in [-0.4, -0.2) is 24.5 Å². The van der Waals surface area contributed by atoms with Gasteiger partial charge in [0, 0.05) is 5.56 Å². The molecule has 0 aliphatic carbocycles. The van der Waals surface area contributed by atoms with Gasteiger partial charge in [-0.2, -0.15) is 13.2 Å². The average molecular weight is 506 g/mol. The maximum atomic E-state index is 13.7. The first-order valence-electron chi connectivity index (χ1n) is 10.5. The number of fused-ring (bicyclic) bond motifs is 2. The third-order valence-electron chi connectivity index (χ3n) is 5.97. The molecule has 0 radical (unpaired) electrons. The van der Waals surface area contributed by atoms with E-state index in [-0.39, 0.29) is 34.2 Å². The molecule has 2 N–H and O–H groups in total. The minimum Gasteiger partial charge on any atom is -0.481 e. The van der Waals surface area contributed by atoms with Crippen molar-refractivity contribution in [3.05, 3.63) is 77.0 Å². The lowest BCUT2D eigenvalue weighted by molar-refractivity contribution is -0.142. The standard InChI is InChI=1S/C24H22F3N3O4S/c1-14-4-8-17(9-5-14)35(33,34)30-13-15-6-11-20(24(25,26)27)29-21(15)28-18-10-7-16(12-19(18)30)23(2,3)22(31)32/h4-12H,13H2,1-3H3,(H,28,29)(H,31,32). The van der Waals surface area contributed by atoms with Gasteiger partial charge in [-0.1, -0.05) is 29.8 Å². The van der Waals surface area contributed by atoms with Crippen molar-refractivity contribution < 1.29 is 31.5 Å². The van der Waals surface area contributed by atoms with Crippen molar-refractivity contribution in [2.24, 2.45) is 0 Å². The van der Waals surface area contributed by atoms with Crippen LogP contribution in [0.3, 0.4) is 0 Å². The first-order chi connectivity index (χ1) is 16.2. The number of aromatic nitrogens is 1. The van der Waals surface area contributed by atoms with Gasteiger partial charge in [-0.25, -0.2) is 13.4 Å². The van der Waals surface area contributed by atoms with E-state index in [0.29, 0.717) is 5.56 Å². The molecule has 0 saturated heterocycles. The minimum absolute atomic E-state index is 0.0136. The van der Waals surface area contributed by atoms with Gasteiger partial charge in [-0.05, 0) is 56.7 Å². The number of nitrogens with zero attached hydrogens (tertiary/aromatic N) is 2. The topological polar surface area (TPSA) is 99.6 Å². The van der Waals surface area contributed by atoms with Gasteiger partial charge >= 0.3 is 12.1 Å². The Balaban J connectivity index is 1.94. The smallest absolute Gasteiger partial charge is 0.433 e. The number of benzene rings is 2. The Morgan fingerprint density at radius 2 is 1.71 bits per heavy atom. The molecular weight excluding hydrogens is 483 g/mol. The summed E-state index contributed by atoms with van der Waals surface area (Å²) < 4.78 is 68.4. The van der Waals surface area contributed by atoms with E-state index < -0.39 is 33.3 Å². The van der Waals surface area contributed by atoms with E-state index in [4.69, 9.17) is 0 Å². The van der Waals surface area contributed by atoms with Crippen molar-refractivity contribution >= 4 is 33.2 Å². The van der Waals surface area contributed by atoms with Crippen LogP contribution in [0.2, 0.25) is 0 Å². The zero-order valence-electron chi connectivity index (χ0n) is 19.0. The predicted octanol–water partition coefficient (Wildman–Crippen LogP) is 5.22. The van der Waals surface area contributed by atoms with Crippen molar-refractivity contribution in [2.45, 2.75) is 43.8 Å². The van der Waals surface area contributed by atoms with Gasteiger partial charge in [0.25, 0.3) is 10.0 Å². The molecule has 0 atom stereocenters. The molecule has 4 rings (SSSR count). The summed E-state index contributed by atoms with van der Waals surface area (Å²) in [6, 6.07) is 12.5. The fraction of sp³-hybridized carbons (Fsp3) is 0.250. The van der Waals surface area contributed by atoms with Crippen molar-refractivity contribution in [2.75, 3.05) is 9.62 Å². The highest BCUT2D eigenvalue weighted by atomic mass is 32.2. The number of rotatable bonds is 4. The van der Waals surface area contributed by atoms with E-state index in [2.05, 4.69) is 10.3 Å². The van der Waals surface area contributed by atoms with E-state index in [9.17, 15) is 31.5 Å². The van der Waals surface area contributed by atoms with Crippen molar-refractivity contribution in [1.82, 2.24) is 4.98 Å². The largest absolute Gasteiger partial charge is 0.481 e. The number of carboxylic acids is 1. The number of hydrogen-bond donors (Lipinski definition) is 2. The lowest BCUT2D eigenvalue weighted by atomic mass is 9.84. The quantitative estimate of drug-likeness (QED) is 0.504. The average Bonchev–Trinajstić information content (AvgIpc) is 2.94. The van der Waals surface area contributed by atoms with Crippen LogP contribution >= 0.6 is 0 Å². The maximum absolute atomic E-state index is 13.7. The molecule has 1 aliphatic rings. The highest BCUT2D eigenvalue weighted by Gasteiger charge is 2.37. The summed E-state index contributed by atoms with van der Waals surface area (Å²) in [5.41, 5.74) is -0.797. The van der Waals surface area contributed by atoms with E-state index in [1.807, 2.05) is 6.92 Å². The summed E-state index contributed by atoms with van der Waals surface area (Å²) in [4.78, 5) is 15.5. The Morgan fingerprint density at radius 3 is 2.31 bits per heavy atom. The zero-order valence-corrected chi connectivity index (χ0v) is 19.8. The molecule has 1 aromatic heterocycles. The van der Waals surface area contributed by atoms with Crippen LogP contribution in [0, 0.1) is 6.92 Å². The van der Waals surface area contributed by atoms with E-state index in [0.717, 1.165) is 15.9 Å². The van der Waals surface area contributed by atoms with Gasteiger partial charge in [0.05, 0.1) is 28.2 Å². The van der Waals surface area contributed by atoms with Gasteiger partial charge in [-0.3, -0.25) is 9.10 Å². The molecule has 2 heterocycles. The van der Waals surface area contributed by atoms with Crippen LogP contribution in [0.1, 0.15) is 36.2 Å². The number of carbonyl (C=O) groups is 1. The second kappa shape index (κ2) is 8.26. The molecule has 0 bridgehead atoms. The molecule has 11 heteroatoms. The van der Waals surface area contributed by atoms with E-state index in [1.54, 1.807) is 12.1 Å². The number of alkyl halides is 3. The van der Waals surface area contributed by atoms with Crippen LogP contribution in [0.15, 0.2) is 59.5 Å². The summed E-state index contributed by atoms with van der Waals surface area (Å²) in [6.07, 6.45) is -4.69. The minimum atomic E-state index is -4.69. The summed E-state index contributed by atoms with van der Waals surface area (Å²) in [6.45, 7) is 4.45. The highest BCUT2D eigenvalue weighted by molar-refractivity contribution is 7.92. The van der Waals surface area contributed by atoms with E-state index in [1.165, 1.54) is 50.2 Å². The Labute approximate surface area is 200 Å². The number of nitrogens with one attached hydrogen (secondary N) is 1. The number of halogens is 3. The van der Waals surface area contributed by atoms with Crippen molar-refractivity contribution in [3.63, 3.8) is 0 Å². The fourth-order valence-electron chi connectivity index (χ4n) is 3.66. The van der Waals surface area contributed by atoms with Gasteiger partial charge in [0.2, 0.25) is 0 Å². The van der Waals surface area contributed by atoms with Crippen LogP contribution in [0.25, 0.3) is 0 Å². The summed E-state index contributed by atoms with van der Waals surface area (Å²) in [5, 5.41) is 12.5. The van der Waals surface area contributed by atoms with Crippen LogP contribution in [-0.2, 0) is 33.0 Å². The Morgan fingerprint density at radius 1 is 1.06 bits per heavy atom. The summed E-state index contributed by atoms with van der Waals surface area (Å²) in [5.74, 6) is -1.25. The Hall–Kier alpha value is -3.60. The van der Waals surface area contributed by atoms with Gasteiger partial charge in [-0.15, -0.1) is 0 Å². The number of aryl methyl sites for hydroxylation is 1. The Bertz CT molecular complexity index is 1420. The molecule has 0 spiro atoms. The van der Waals surface area contributed by atoms with Gasteiger partial charge in [0.1, 0.15) is 11.5 Å². The molecule has 2 aromatic carbocycles. The predicted molar refractivity (Wildman–Crippen MR) is 124 cm³/mol. The zero-order chi connectivity index (χ0) is 25.8. The van der Waals surface area contributed by atoms with Crippen LogP contribution in [0.5, 0.6) is 0 Å². The molecular formula is C24H22F3N3O4S. The lowest BCUT2D eigenvalue weighted by Gasteiger charge is -2.27. The molecule has 7 nitrogen and oxygen atoms in total. The molecule has 35 heavy (non-hydrogen) atoms. The third-order valence-corrected chi connectivity index (χ3v) is 7.74. The van der Waals surface area contributed by atoms with E-state index >= 15 is 0 Å². The number of sulfonamides is 1. The summed E-state index contributed by atoms with van der Waals surface area (Å²) in [7, 11) is -4.18. The number of aliphatic carboxylic acids is 1. The first kappa shape index (κ1) is 24.5. The third kappa shape index (κ3) is 4.43. The molecule has 0 amide bonds. The summed E-state index contributed by atoms with van der Waals surface area (Å²) >= 11 is 0. The molecule has 1 aliphatic heterocycles. The SMILES string of the molecule is Cc1ccc(S(=O)(=O)N2Cc3ccc(C(F)(F)F)nc3Nc3ccc(C(C)(C)C(=O)O)cc32)cc1. The van der Waals surface area contributed by atoms with Crippen LogP contribution < -0.4 is 9.62 Å². The van der Waals surface area contributed by atoms with Crippen LogP contribution in [0.4, 0.5) is 30.4 Å². The number of hydrogen-bond acceptors (Lipinski definition) is 5. The Kier molecular flexibility index (Phi) is 5.79. The molecule has 0 unspecified atom stereocenters. The highest BCUT2D eigenvalue weighted by Crippen LogP contribution is 2.41. The fourth-order valence-corrected chi connectivity index (χ4v) is 5.11. The molecule has 0 saturated carbocycles. The lowest BCUT2D eigenvalue weighted by Crippen LogP contribution is -2.32. The van der Waals surface area contributed by atoms with Gasteiger partial charge in [0.15, 0.2) is 0 Å². The number of anilines is 3. The molecule has 0 fully saturated rings. The molecule has 3 aromatic rings. The second-order valence-electron chi connectivity index (χ2n) is 8.81. The monoisotopic (exact) mass is 505 g/mol. The number of pyridine rings is 1. The number of carboxylic acid groups (broad SMARTS) is 1. The second-order valence-corrected chi connectivity index (χ2v) is 10.7. The van der Waals surface area contributed by atoms with Gasteiger partial charge < -0.3 is 10.4 Å². The normalized spacial score (nSPS) is 13.9.